The van der Waals surface area contributed by atoms with Crippen molar-refractivity contribution in [1.82, 2.24) is 24.9 Å². The number of hydrogen-bond acceptors (Lipinski definition) is 4. The van der Waals surface area contributed by atoms with Gasteiger partial charge in [-0.05, 0) is 42.5 Å². The minimum atomic E-state index is -0.487. The van der Waals surface area contributed by atoms with Crippen molar-refractivity contribution < 1.29 is 8.78 Å². The first kappa shape index (κ1) is 18.3. The molecule has 0 bridgehead atoms. The largest absolute Gasteiger partial charge is 0.323 e. The SMILES string of the molecule is Fc1ccc(-c2nc3cc(-c4ccncc4F)c(-c4ccncc4Cl)nc3[nH]2)cc1. The Balaban J connectivity index is 1.77. The third-order valence-corrected chi connectivity index (χ3v) is 4.98. The number of nitrogens with zero attached hydrogens (tertiary/aromatic N) is 4. The maximum Gasteiger partial charge on any atom is 0.158 e. The van der Waals surface area contributed by atoms with E-state index < -0.39 is 5.82 Å². The standard InChI is InChI=1S/C22H12ClF2N5/c23-17-10-26-8-6-15(17)20-16(14-5-7-27-11-18(14)25)9-19-22(29-20)30-21(28-19)12-1-3-13(24)4-2-12/h1-11H,(H,28,29,30). The molecule has 0 aliphatic heterocycles. The van der Waals surface area contributed by atoms with Gasteiger partial charge in [-0.25, -0.2) is 18.7 Å². The molecule has 4 aromatic heterocycles. The molecule has 8 heteroatoms. The fourth-order valence-electron chi connectivity index (χ4n) is 3.26. The van der Waals surface area contributed by atoms with Crippen LogP contribution < -0.4 is 0 Å². The number of nitrogens with one attached hydrogen (secondary N) is 1. The summed E-state index contributed by atoms with van der Waals surface area (Å²) in [6.45, 7) is 0. The molecule has 0 unspecified atom stereocenters. The zero-order valence-electron chi connectivity index (χ0n) is 15.3. The molecule has 0 saturated heterocycles. The van der Waals surface area contributed by atoms with Gasteiger partial charge in [-0.15, -0.1) is 0 Å². The Kier molecular flexibility index (Phi) is 4.44. The second-order valence-corrected chi connectivity index (χ2v) is 6.96. The zero-order valence-corrected chi connectivity index (χ0v) is 16.0. The summed E-state index contributed by atoms with van der Waals surface area (Å²) in [4.78, 5) is 20.2. The van der Waals surface area contributed by atoms with Crippen LogP contribution in [0.1, 0.15) is 0 Å². The summed E-state index contributed by atoms with van der Waals surface area (Å²) in [5.74, 6) is -0.297. The number of aromatic amines is 1. The van der Waals surface area contributed by atoms with Gasteiger partial charge in [-0.2, -0.15) is 0 Å². The summed E-state index contributed by atoms with van der Waals surface area (Å²) < 4.78 is 27.8. The molecular weight excluding hydrogens is 408 g/mol. The van der Waals surface area contributed by atoms with E-state index in [-0.39, 0.29) is 5.82 Å². The van der Waals surface area contributed by atoms with Gasteiger partial charge in [0, 0.05) is 40.8 Å². The van der Waals surface area contributed by atoms with Crippen molar-refractivity contribution in [1.29, 1.82) is 0 Å². The van der Waals surface area contributed by atoms with Crippen LogP contribution in [0.25, 0.3) is 44.9 Å². The molecule has 0 atom stereocenters. The second-order valence-electron chi connectivity index (χ2n) is 6.56. The second kappa shape index (κ2) is 7.27. The lowest BCUT2D eigenvalue weighted by Gasteiger charge is -2.11. The van der Waals surface area contributed by atoms with Crippen molar-refractivity contribution in [3.8, 4) is 33.8 Å². The highest BCUT2D eigenvalue weighted by Crippen LogP contribution is 2.37. The third kappa shape index (κ3) is 3.19. The molecular formula is C22H12ClF2N5. The number of rotatable bonds is 3. The number of H-pyrrole nitrogens is 1. The summed E-state index contributed by atoms with van der Waals surface area (Å²) in [6, 6.07) is 11.0. The van der Waals surface area contributed by atoms with Gasteiger partial charge in [0.25, 0.3) is 0 Å². The molecule has 1 aromatic carbocycles. The van der Waals surface area contributed by atoms with Gasteiger partial charge in [0.15, 0.2) is 5.65 Å². The van der Waals surface area contributed by atoms with Crippen LogP contribution in [0.4, 0.5) is 8.78 Å². The molecule has 0 spiro atoms. The molecule has 0 saturated carbocycles. The molecule has 0 aliphatic carbocycles. The van der Waals surface area contributed by atoms with E-state index in [9.17, 15) is 8.78 Å². The first-order valence-corrected chi connectivity index (χ1v) is 9.34. The number of aromatic nitrogens is 5. The van der Waals surface area contributed by atoms with E-state index in [1.165, 1.54) is 24.5 Å². The first-order valence-electron chi connectivity index (χ1n) is 8.96. The molecule has 5 nitrogen and oxygen atoms in total. The van der Waals surface area contributed by atoms with Crippen molar-refractivity contribution in [3.63, 3.8) is 0 Å². The number of pyridine rings is 3. The highest BCUT2D eigenvalue weighted by Gasteiger charge is 2.18. The molecule has 0 aliphatic rings. The molecule has 4 heterocycles. The fourth-order valence-corrected chi connectivity index (χ4v) is 3.47. The molecule has 5 rings (SSSR count). The smallest absolute Gasteiger partial charge is 0.158 e. The van der Waals surface area contributed by atoms with Gasteiger partial charge in [-0.1, -0.05) is 11.6 Å². The highest BCUT2D eigenvalue weighted by atomic mass is 35.5. The van der Waals surface area contributed by atoms with E-state index in [4.69, 9.17) is 16.6 Å². The van der Waals surface area contributed by atoms with Gasteiger partial charge in [0.2, 0.25) is 0 Å². The fraction of sp³-hybridized carbons (Fsp3) is 0. The Morgan fingerprint density at radius 3 is 2.27 bits per heavy atom. The van der Waals surface area contributed by atoms with Crippen molar-refractivity contribution in [2.24, 2.45) is 0 Å². The van der Waals surface area contributed by atoms with Crippen LogP contribution in [0.15, 0.2) is 67.3 Å². The summed E-state index contributed by atoms with van der Waals surface area (Å²) in [5, 5.41) is 0.387. The topological polar surface area (TPSA) is 67.3 Å². The summed E-state index contributed by atoms with van der Waals surface area (Å²) in [7, 11) is 0. The van der Waals surface area contributed by atoms with Crippen LogP contribution in [0, 0.1) is 11.6 Å². The normalized spacial score (nSPS) is 11.2. The summed E-state index contributed by atoms with van der Waals surface area (Å²) >= 11 is 6.36. The van der Waals surface area contributed by atoms with E-state index in [1.54, 1.807) is 36.5 Å². The van der Waals surface area contributed by atoms with Gasteiger partial charge in [0.05, 0.1) is 16.9 Å². The molecule has 146 valence electrons. The van der Waals surface area contributed by atoms with Crippen LogP contribution in [0.2, 0.25) is 5.02 Å². The predicted octanol–water partition coefficient (Wildman–Crippen LogP) is 5.68. The van der Waals surface area contributed by atoms with Crippen molar-refractivity contribution in [2.45, 2.75) is 0 Å². The maximum absolute atomic E-state index is 14.6. The van der Waals surface area contributed by atoms with Crippen molar-refractivity contribution in [3.05, 3.63) is 83.9 Å². The van der Waals surface area contributed by atoms with Gasteiger partial charge < -0.3 is 4.98 Å². The summed E-state index contributed by atoms with van der Waals surface area (Å²) in [5.41, 5.74) is 3.67. The van der Waals surface area contributed by atoms with Gasteiger partial charge in [0.1, 0.15) is 23.0 Å². The summed E-state index contributed by atoms with van der Waals surface area (Å²) in [6.07, 6.45) is 5.75. The van der Waals surface area contributed by atoms with E-state index in [2.05, 4.69) is 19.9 Å². The first-order chi connectivity index (χ1) is 14.6. The van der Waals surface area contributed by atoms with E-state index in [0.717, 1.165) is 6.20 Å². The maximum atomic E-state index is 14.6. The minimum absolute atomic E-state index is 0.327. The molecule has 0 radical (unpaired) electrons. The monoisotopic (exact) mass is 419 g/mol. The lowest BCUT2D eigenvalue weighted by atomic mass is 10.00. The zero-order chi connectivity index (χ0) is 20.7. The Bertz CT molecular complexity index is 1300. The average molecular weight is 420 g/mol. The number of halogens is 3. The molecule has 0 amide bonds. The van der Waals surface area contributed by atoms with Crippen LogP contribution in [-0.2, 0) is 0 Å². The number of fused-ring (bicyclic) bond motifs is 1. The van der Waals surface area contributed by atoms with E-state index in [0.29, 0.717) is 50.0 Å². The van der Waals surface area contributed by atoms with Crippen LogP contribution in [0.3, 0.4) is 0 Å². The lowest BCUT2D eigenvalue weighted by Crippen LogP contribution is -1.94. The number of imidazole rings is 1. The highest BCUT2D eigenvalue weighted by molar-refractivity contribution is 6.33. The van der Waals surface area contributed by atoms with E-state index in [1.807, 2.05) is 0 Å². The Hall–Kier alpha value is -3.71. The molecule has 1 N–H and O–H groups in total. The number of benzene rings is 1. The van der Waals surface area contributed by atoms with Crippen LogP contribution in [0.5, 0.6) is 0 Å². The van der Waals surface area contributed by atoms with E-state index >= 15 is 0 Å². The molecule has 30 heavy (non-hydrogen) atoms. The Morgan fingerprint density at radius 2 is 1.53 bits per heavy atom. The minimum Gasteiger partial charge on any atom is -0.323 e. The van der Waals surface area contributed by atoms with Crippen LogP contribution >= 0.6 is 11.6 Å². The van der Waals surface area contributed by atoms with Crippen LogP contribution in [-0.4, -0.2) is 24.9 Å². The Morgan fingerprint density at radius 1 is 0.800 bits per heavy atom. The molecule has 5 aromatic rings. The number of hydrogen-bond donors (Lipinski definition) is 1. The quantitative estimate of drug-likeness (QED) is 0.408. The van der Waals surface area contributed by atoms with Crippen molar-refractivity contribution >= 4 is 22.8 Å². The Labute approximate surface area is 174 Å². The van der Waals surface area contributed by atoms with Gasteiger partial charge in [-0.3, -0.25) is 9.97 Å². The molecule has 0 fully saturated rings. The van der Waals surface area contributed by atoms with Gasteiger partial charge >= 0.3 is 0 Å². The third-order valence-electron chi connectivity index (χ3n) is 4.68. The average Bonchev–Trinajstić information content (AvgIpc) is 3.17. The predicted molar refractivity (Wildman–Crippen MR) is 111 cm³/mol. The van der Waals surface area contributed by atoms with Crippen molar-refractivity contribution in [2.75, 3.05) is 0 Å². The lowest BCUT2D eigenvalue weighted by molar-refractivity contribution is 0.625.